The molecule has 0 heterocycles. The lowest BCUT2D eigenvalue weighted by molar-refractivity contribution is -0.113. The Bertz CT molecular complexity index is 368. The zero-order valence-electron chi connectivity index (χ0n) is 10.2. The van der Waals surface area contributed by atoms with Crippen LogP contribution >= 0.6 is 0 Å². The summed E-state index contributed by atoms with van der Waals surface area (Å²) in [6.07, 6.45) is 6.50. The summed E-state index contributed by atoms with van der Waals surface area (Å²) >= 11 is 0. The molecule has 17 heavy (non-hydrogen) atoms. The SMILES string of the molecule is CCCCCOc1ccc(C=CC(N)=O)cc1. The molecule has 0 unspecified atom stereocenters. The largest absolute Gasteiger partial charge is 0.494 e. The first-order chi connectivity index (χ1) is 8.22. The van der Waals surface area contributed by atoms with E-state index in [-0.39, 0.29) is 0 Å². The first-order valence-electron chi connectivity index (χ1n) is 5.92. The van der Waals surface area contributed by atoms with Gasteiger partial charge in [-0.2, -0.15) is 0 Å². The van der Waals surface area contributed by atoms with Crippen molar-refractivity contribution in [2.45, 2.75) is 26.2 Å². The molecule has 3 heteroatoms. The van der Waals surface area contributed by atoms with Crippen molar-refractivity contribution in [1.82, 2.24) is 0 Å². The van der Waals surface area contributed by atoms with Gasteiger partial charge < -0.3 is 10.5 Å². The molecular weight excluding hydrogens is 214 g/mol. The first kappa shape index (κ1) is 13.3. The molecular formula is C14H19NO2. The van der Waals surface area contributed by atoms with Gasteiger partial charge in [-0.25, -0.2) is 0 Å². The Morgan fingerprint density at radius 1 is 1.29 bits per heavy atom. The lowest BCUT2D eigenvalue weighted by Gasteiger charge is -2.05. The molecule has 2 N–H and O–H groups in total. The van der Waals surface area contributed by atoms with Crippen LogP contribution in [0, 0.1) is 0 Å². The molecule has 0 fully saturated rings. The highest BCUT2D eigenvalue weighted by Crippen LogP contribution is 2.13. The van der Waals surface area contributed by atoms with Crippen LogP contribution in [0.2, 0.25) is 0 Å². The van der Waals surface area contributed by atoms with E-state index in [2.05, 4.69) is 6.92 Å². The van der Waals surface area contributed by atoms with Gasteiger partial charge in [-0.1, -0.05) is 31.9 Å². The third-order valence-electron chi connectivity index (χ3n) is 2.34. The molecule has 0 radical (unpaired) electrons. The van der Waals surface area contributed by atoms with Gasteiger partial charge >= 0.3 is 0 Å². The summed E-state index contributed by atoms with van der Waals surface area (Å²) in [5, 5.41) is 0. The van der Waals surface area contributed by atoms with Crippen LogP contribution in [0.5, 0.6) is 5.75 Å². The summed E-state index contributed by atoms with van der Waals surface area (Å²) in [5.41, 5.74) is 5.95. The second kappa shape index (κ2) is 7.49. The van der Waals surface area contributed by atoms with E-state index in [1.54, 1.807) is 6.08 Å². The minimum Gasteiger partial charge on any atom is -0.494 e. The molecule has 0 aliphatic rings. The van der Waals surface area contributed by atoms with Crippen molar-refractivity contribution in [3.05, 3.63) is 35.9 Å². The first-order valence-corrected chi connectivity index (χ1v) is 5.92. The van der Waals surface area contributed by atoms with Crippen LogP contribution in [-0.2, 0) is 4.79 Å². The van der Waals surface area contributed by atoms with E-state index in [4.69, 9.17) is 10.5 Å². The number of unbranched alkanes of at least 4 members (excludes halogenated alkanes) is 2. The molecule has 0 saturated heterocycles. The lowest BCUT2D eigenvalue weighted by Crippen LogP contribution is -2.05. The van der Waals surface area contributed by atoms with E-state index in [9.17, 15) is 4.79 Å². The normalized spacial score (nSPS) is 10.6. The fraction of sp³-hybridized carbons (Fsp3) is 0.357. The number of rotatable bonds is 7. The number of benzene rings is 1. The highest BCUT2D eigenvalue weighted by atomic mass is 16.5. The number of carbonyl (C=O) groups is 1. The van der Waals surface area contributed by atoms with E-state index >= 15 is 0 Å². The zero-order valence-corrected chi connectivity index (χ0v) is 10.2. The van der Waals surface area contributed by atoms with Gasteiger partial charge in [0.2, 0.25) is 5.91 Å². The summed E-state index contributed by atoms with van der Waals surface area (Å²) in [4.78, 5) is 10.6. The van der Waals surface area contributed by atoms with Crippen molar-refractivity contribution in [3.63, 3.8) is 0 Å². The molecule has 1 rings (SSSR count). The highest BCUT2D eigenvalue weighted by molar-refractivity contribution is 5.90. The minimum absolute atomic E-state index is 0.440. The Balaban J connectivity index is 2.42. The van der Waals surface area contributed by atoms with Gasteiger partial charge in [0.15, 0.2) is 0 Å². The molecule has 0 aliphatic heterocycles. The van der Waals surface area contributed by atoms with Crippen LogP contribution in [0.15, 0.2) is 30.3 Å². The molecule has 1 aromatic rings. The number of hydrogen-bond acceptors (Lipinski definition) is 2. The third-order valence-corrected chi connectivity index (χ3v) is 2.34. The van der Waals surface area contributed by atoms with E-state index in [0.29, 0.717) is 0 Å². The van der Waals surface area contributed by atoms with Crippen LogP contribution in [0.25, 0.3) is 6.08 Å². The summed E-state index contributed by atoms with van der Waals surface area (Å²) in [6, 6.07) is 7.59. The second-order valence-electron chi connectivity index (χ2n) is 3.86. The van der Waals surface area contributed by atoms with Gasteiger partial charge in [-0.05, 0) is 30.2 Å². The van der Waals surface area contributed by atoms with Gasteiger partial charge in [-0.3, -0.25) is 4.79 Å². The number of nitrogens with two attached hydrogens (primary N) is 1. The number of ether oxygens (including phenoxy) is 1. The molecule has 0 aliphatic carbocycles. The predicted molar refractivity (Wildman–Crippen MR) is 69.7 cm³/mol. The van der Waals surface area contributed by atoms with Crippen LogP contribution in [0.4, 0.5) is 0 Å². The maximum absolute atomic E-state index is 10.6. The van der Waals surface area contributed by atoms with Gasteiger partial charge in [-0.15, -0.1) is 0 Å². The quantitative estimate of drug-likeness (QED) is 0.581. The maximum atomic E-state index is 10.6. The summed E-state index contributed by atoms with van der Waals surface area (Å²) in [7, 11) is 0. The van der Waals surface area contributed by atoms with Crippen LogP contribution in [0.1, 0.15) is 31.7 Å². The molecule has 1 aromatic carbocycles. The number of hydrogen-bond donors (Lipinski definition) is 1. The van der Waals surface area contributed by atoms with E-state index < -0.39 is 5.91 Å². The van der Waals surface area contributed by atoms with E-state index in [0.717, 1.165) is 24.3 Å². The molecule has 3 nitrogen and oxygen atoms in total. The Kier molecular flexibility index (Phi) is 5.86. The van der Waals surface area contributed by atoms with Gasteiger partial charge in [0, 0.05) is 6.08 Å². The van der Waals surface area contributed by atoms with Gasteiger partial charge in [0.25, 0.3) is 0 Å². The average Bonchev–Trinajstić information content (AvgIpc) is 2.33. The van der Waals surface area contributed by atoms with Crippen molar-refractivity contribution in [2.75, 3.05) is 6.61 Å². The smallest absolute Gasteiger partial charge is 0.241 e. The minimum atomic E-state index is -0.440. The molecule has 0 atom stereocenters. The van der Waals surface area contributed by atoms with Crippen LogP contribution < -0.4 is 10.5 Å². The monoisotopic (exact) mass is 233 g/mol. The number of primary amides is 1. The molecule has 92 valence electrons. The third kappa shape index (κ3) is 5.76. The van der Waals surface area contributed by atoms with Crippen molar-refractivity contribution in [2.24, 2.45) is 5.73 Å². The van der Waals surface area contributed by atoms with Gasteiger partial charge in [0.1, 0.15) is 5.75 Å². The van der Waals surface area contributed by atoms with E-state index in [1.165, 1.54) is 18.9 Å². The summed E-state index contributed by atoms with van der Waals surface area (Å²) in [6.45, 7) is 2.92. The molecule has 0 bridgehead atoms. The van der Waals surface area contributed by atoms with Crippen molar-refractivity contribution in [1.29, 1.82) is 0 Å². The topological polar surface area (TPSA) is 52.3 Å². The Hall–Kier alpha value is -1.77. The van der Waals surface area contributed by atoms with Crippen molar-refractivity contribution in [3.8, 4) is 5.75 Å². The number of carbonyl (C=O) groups excluding carboxylic acids is 1. The fourth-order valence-corrected chi connectivity index (χ4v) is 1.40. The lowest BCUT2D eigenvalue weighted by atomic mass is 10.2. The van der Waals surface area contributed by atoms with Gasteiger partial charge in [0.05, 0.1) is 6.61 Å². The van der Waals surface area contributed by atoms with Crippen molar-refractivity contribution < 1.29 is 9.53 Å². The van der Waals surface area contributed by atoms with E-state index in [1.807, 2.05) is 24.3 Å². The highest BCUT2D eigenvalue weighted by Gasteiger charge is 1.94. The Morgan fingerprint density at radius 3 is 2.59 bits per heavy atom. The van der Waals surface area contributed by atoms with Crippen LogP contribution in [0.3, 0.4) is 0 Å². The Labute approximate surface area is 102 Å². The predicted octanol–water partition coefficient (Wildman–Crippen LogP) is 2.75. The molecule has 0 aromatic heterocycles. The molecule has 1 amide bonds. The summed E-state index contributed by atoms with van der Waals surface area (Å²) < 4.78 is 5.57. The molecule has 0 spiro atoms. The maximum Gasteiger partial charge on any atom is 0.241 e. The zero-order chi connectivity index (χ0) is 12.5. The Morgan fingerprint density at radius 2 is 2.00 bits per heavy atom. The van der Waals surface area contributed by atoms with Crippen LogP contribution in [-0.4, -0.2) is 12.5 Å². The summed E-state index contributed by atoms with van der Waals surface area (Å²) in [5.74, 6) is 0.419. The molecule has 0 saturated carbocycles. The number of amides is 1. The fourth-order valence-electron chi connectivity index (χ4n) is 1.40. The second-order valence-corrected chi connectivity index (χ2v) is 3.86. The van der Waals surface area contributed by atoms with Crippen molar-refractivity contribution >= 4 is 12.0 Å². The standard InChI is InChI=1S/C14H19NO2/c1-2-3-4-11-17-13-8-5-12(6-9-13)7-10-14(15)16/h5-10H,2-4,11H2,1H3,(H2,15,16). The average molecular weight is 233 g/mol.